The summed E-state index contributed by atoms with van der Waals surface area (Å²) in [5, 5.41) is 89.1. The minimum Gasteiger partial charge on any atom is -0.394 e. The summed E-state index contributed by atoms with van der Waals surface area (Å²) < 4.78 is 1.38. The number of likely N-dealkylation sites (N-methyl/N-ethyl adjacent to an activating group) is 1. The third-order valence-electron chi connectivity index (χ3n) is 7.72. The molecule has 20 nitrogen and oxygen atoms in total. The zero-order chi connectivity index (χ0) is 44.2. The SMILES string of the molecule is CN(CC(O)CO)C(=O)c1c(I)c(NC(=O)C(O)CO)c(I)c(C(=O)NCCNC(=O)c2c(I)c(C[C@@H](O)CO)c(I)c(C(=O)NCNC(=O)C(O)CO)c2I)c1I. The van der Waals surface area contributed by atoms with Crippen LogP contribution in [0.2, 0.25) is 0 Å². The highest BCUT2D eigenvalue weighted by atomic mass is 127. The molecule has 0 fully saturated rings. The first-order valence-corrected chi connectivity index (χ1v) is 22.9. The van der Waals surface area contributed by atoms with Crippen LogP contribution in [-0.4, -0.2) is 165 Å². The zero-order valence-corrected chi connectivity index (χ0v) is 42.9. The van der Waals surface area contributed by atoms with Crippen molar-refractivity contribution in [3.05, 3.63) is 49.2 Å². The molecule has 0 aliphatic heterocycles. The standard InChI is InChI=1S/C32H38I6N6O14/c1-44(5-12(50)7-46)32(58)19-23(36)18(24(37)26(25(19)38)43-28(54)15(52)9-48)30(56)40-3-2-39-29(55)16-20(33)13(4-11(49)6-45)21(34)17(22(16)35)31(57)42-10-41-27(53)14(51)8-47/h11-12,14-15,45-52H,2-10H2,1H3,(H,39,55)(H,40,56)(H,41,53)(H,42,57)(H,43,54)/t11-,12?,14?,15?/m1/s1. The first kappa shape index (κ1) is 53.5. The van der Waals surface area contributed by atoms with E-state index in [0.29, 0.717) is 12.7 Å². The molecule has 0 aromatic heterocycles. The molecular weight excluding hydrogens is 1450 g/mol. The molecule has 0 saturated heterocycles. The number of hydrogen-bond donors (Lipinski definition) is 13. The maximum Gasteiger partial charge on any atom is 0.255 e. The van der Waals surface area contributed by atoms with E-state index in [-0.39, 0.29) is 68.3 Å². The van der Waals surface area contributed by atoms with E-state index >= 15 is 0 Å². The number of anilines is 1. The average Bonchev–Trinajstić information content (AvgIpc) is 3.18. The van der Waals surface area contributed by atoms with Gasteiger partial charge in [0, 0.05) is 47.4 Å². The molecule has 0 radical (unpaired) electrons. The van der Waals surface area contributed by atoms with Crippen LogP contribution >= 0.6 is 136 Å². The van der Waals surface area contributed by atoms with Gasteiger partial charge >= 0.3 is 0 Å². The Morgan fingerprint density at radius 3 is 1.47 bits per heavy atom. The van der Waals surface area contributed by atoms with Gasteiger partial charge in [-0.15, -0.1) is 0 Å². The first-order chi connectivity index (χ1) is 27.2. The Bertz CT molecular complexity index is 1890. The predicted molar refractivity (Wildman–Crippen MR) is 256 cm³/mol. The fourth-order valence-electron chi connectivity index (χ4n) is 4.72. The van der Waals surface area contributed by atoms with E-state index in [2.05, 4.69) is 26.6 Å². The van der Waals surface area contributed by atoms with Crippen LogP contribution < -0.4 is 26.6 Å². The lowest BCUT2D eigenvalue weighted by molar-refractivity contribution is -0.131. The number of halogens is 6. The van der Waals surface area contributed by atoms with Crippen molar-refractivity contribution in [1.82, 2.24) is 26.2 Å². The second-order valence-electron chi connectivity index (χ2n) is 11.9. The minimum absolute atomic E-state index is 0.0105. The minimum atomic E-state index is -1.83. The summed E-state index contributed by atoms with van der Waals surface area (Å²) in [6.07, 6.45) is -6.19. The number of amides is 6. The number of aliphatic hydroxyl groups is 8. The van der Waals surface area contributed by atoms with E-state index in [1.54, 1.807) is 90.4 Å². The van der Waals surface area contributed by atoms with Gasteiger partial charge in [0.15, 0.2) is 12.2 Å². The molecule has 0 bridgehead atoms. The van der Waals surface area contributed by atoms with Crippen molar-refractivity contribution in [2.45, 2.75) is 30.8 Å². The van der Waals surface area contributed by atoms with Crippen molar-refractivity contribution < 1.29 is 69.6 Å². The third-order valence-corrected chi connectivity index (χ3v) is 14.4. The van der Waals surface area contributed by atoms with E-state index in [1.165, 1.54) is 7.05 Å². The molecule has 322 valence electrons. The molecule has 0 spiro atoms. The van der Waals surface area contributed by atoms with E-state index in [1.807, 2.05) is 45.2 Å². The fraction of sp³-hybridized carbons (Fsp3) is 0.438. The lowest BCUT2D eigenvalue weighted by atomic mass is 10.00. The van der Waals surface area contributed by atoms with Gasteiger partial charge in [-0.2, -0.15) is 0 Å². The van der Waals surface area contributed by atoms with Crippen LogP contribution in [0.4, 0.5) is 5.69 Å². The van der Waals surface area contributed by atoms with Crippen LogP contribution in [-0.2, 0) is 16.0 Å². The van der Waals surface area contributed by atoms with Gasteiger partial charge in [0.05, 0.1) is 80.4 Å². The normalized spacial score (nSPS) is 13.2. The molecule has 2 aromatic carbocycles. The van der Waals surface area contributed by atoms with Crippen LogP contribution in [0.15, 0.2) is 0 Å². The summed E-state index contributed by atoms with van der Waals surface area (Å²) in [6.45, 7) is -4.07. The lowest BCUT2D eigenvalue weighted by Crippen LogP contribution is -2.43. The molecule has 3 unspecified atom stereocenters. The van der Waals surface area contributed by atoms with Crippen molar-refractivity contribution >= 4 is 177 Å². The van der Waals surface area contributed by atoms with Crippen molar-refractivity contribution in [1.29, 1.82) is 0 Å². The van der Waals surface area contributed by atoms with Gasteiger partial charge in [-0.3, -0.25) is 28.8 Å². The second kappa shape index (κ2) is 25.4. The van der Waals surface area contributed by atoms with Gasteiger partial charge < -0.3 is 72.3 Å². The van der Waals surface area contributed by atoms with E-state index in [0.717, 1.165) is 4.90 Å². The zero-order valence-electron chi connectivity index (χ0n) is 29.9. The Labute approximate surface area is 412 Å². The second-order valence-corrected chi connectivity index (χ2v) is 18.4. The molecule has 0 saturated carbocycles. The van der Waals surface area contributed by atoms with Gasteiger partial charge in [0.25, 0.3) is 35.4 Å². The van der Waals surface area contributed by atoms with E-state index in [9.17, 15) is 64.5 Å². The van der Waals surface area contributed by atoms with Crippen LogP contribution in [0, 0.1) is 21.4 Å². The van der Waals surface area contributed by atoms with Gasteiger partial charge in [-0.25, -0.2) is 0 Å². The van der Waals surface area contributed by atoms with Crippen molar-refractivity contribution in [3.8, 4) is 0 Å². The van der Waals surface area contributed by atoms with Crippen LogP contribution in [0.1, 0.15) is 47.0 Å². The van der Waals surface area contributed by atoms with E-state index in [4.69, 9.17) is 5.11 Å². The smallest absolute Gasteiger partial charge is 0.255 e. The molecule has 0 heterocycles. The topological polar surface area (TPSA) is 328 Å². The number of nitrogens with zero attached hydrogens (tertiary/aromatic N) is 1. The van der Waals surface area contributed by atoms with Crippen molar-refractivity contribution in [2.75, 3.05) is 65.1 Å². The van der Waals surface area contributed by atoms with E-state index < -0.39 is 93.0 Å². The summed E-state index contributed by atoms with van der Waals surface area (Å²) in [4.78, 5) is 80.0. The summed E-state index contributed by atoms with van der Waals surface area (Å²) in [6, 6.07) is 0. The Kier molecular flexibility index (Phi) is 23.4. The van der Waals surface area contributed by atoms with Crippen molar-refractivity contribution in [2.24, 2.45) is 0 Å². The molecule has 0 aliphatic rings. The summed E-state index contributed by atoms with van der Waals surface area (Å²) in [7, 11) is 1.36. The average molecular weight is 1490 g/mol. The van der Waals surface area contributed by atoms with Gasteiger partial charge in [-0.1, -0.05) is 0 Å². The fourth-order valence-corrected chi connectivity index (χ4v) is 13.7. The maximum atomic E-state index is 13.8. The third kappa shape index (κ3) is 13.9. The Hall–Kier alpha value is -0.680. The lowest BCUT2D eigenvalue weighted by Gasteiger charge is -2.24. The molecule has 13 N–H and O–H groups in total. The first-order valence-electron chi connectivity index (χ1n) is 16.4. The van der Waals surface area contributed by atoms with Gasteiger partial charge in [-0.05, 0) is 141 Å². The number of hydrogen-bond acceptors (Lipinski definition) is 14. The van der Waals surface area contributed by atoms with Crippen molar-refractivity contribution in [3.63, 3.8) is 0 Å². The van der Waals surface area contributed by atoms with Gasteiger partial charge in [0.1, 0.15) is 0 Å². The Morgan fingerprint density at radius 2 is 0.983 bits per heavy atom. The summed E-state index contributed by atoms with van der Waals surface area (Å²) >= 11 is 10.9. The Balaban J connectivity index is 2.45. The summed E-state index contributed by atoms with van der Waals surface area (Å²) in [5.74, 6) is -4.79. The van der Waals surface area contributed by atoms with Gasteiger partial charge in [0.2, 0.25) is 0 Å². The number of aliphatic hydroxyl groups excluding tert-OH is 8. The highest BCUT2D eigenvalue weighted by Gasteiger charge is 2.32. The molecule has 26 heteroatoms. The highest BCUT2D eigenvalue weighted by molar-refractivity contribution is 14.1. The van der Waals surface area contributed by atoms with Crippen LogP contribution in [0.25, 0.3) is 0 Å². The number of nitrogens with one attached hydrogen (secondary N) is 5. The quantitative estimate of drug-likeness (QED) is 0.0398. The highest BCUT2D eigenvalue weighted by Crippen LogP contribution is 2.37. The predicted octanol–water partition coefficient (Wildman–Crippen LogP) is -1.76. The molecule has 2 rings (SSSR count). The molecule has 0 aliphatic carbocycles. The maximum absolute atomic E-state index is 13.8. The molecule has 2 aromatic rings. The molecular formula is C32H38I6N6O14. The summed E-state index contributed by atoms with van der Waals surface area (Å²) in [5.41, 5.74) is 0.279. The Morgan fingerprint density at radius 1 is 0.552 bits per heavy atom. The van der Waals surface area contributed by atoms with Crippen LogP contribution in [0.5, 0.6) is 0 Å². The van der Waals surface area contributed by atoms with Crippen LogP contribution in [0.3, 0.4) is 0 Å². The number of rotatable bonds is 20. The molecule has 6 amide bonds. The number of benzene rings is 2. The number of carbonyl (C=O) groups is 6. The largest absolute Gasteiger partial charge is 0.394 e. The monoisotopic (exact) mass is 1490 g/mol. The molecule has 4 atom stereocenters. The molecule has 58 heavy (non-hydrogen) atoms. The number of carbonyl (C=O) groups excluding carboxylic acids is 6.